The maximum atomic E-state index is 13.3. The molecule has 0 aromatic heterocycles. The highest BCUT2D eigenvalue weighted by Crippen LogP contribution is 2.36. The van der Waals surface area contributed by atoms with Crippen molar-refractivity contribution in [1.29, 1.82) is 0 Å². The van der Waals surface area contributed by atoms with Crippen LogP contribution in [0.3, 0.4) is 0 Å². The minimum atomic E-state index is -0.955. The summed E-state index contributed by atoms with van der Waals surface area (Å²) in [6.07, 6.45) is 0. The summed E-state index contributed by atoms with van der Waals surface area (Å²) in [4.78, 5) is 9.31. The first-order valence-corrected chi connectivity index (χ1v) is 4.66. The van der Waals surface area contributed by atoms with Gasteiger partial charge in [-0.2, -0.15) is 0 Å². The van der Waals surface area contributed by atoms with Crippen LogP contribution in [-0.2, 0) is 0 Å². The molecule has 0 aliphatic carbocycles. The van der Waals surface area contributed by atoms with Crippen LogP contribution in [0.5, 0.6) is 5.75 Å². The van der Waals surface area contributed by atoms with Crippen molar-refractivity contribution in [2.45, 2.75) is 11.8 Å². The van der Waals surface area contributed by atoms with E-state index in [1.54, 1.807) is 6.92 Å². The van der Waals surface area contributed by atoms with E-state index in [0.717, 1.165) is 12.1 Å². The molecule has 0 heterocycles. The van der Waals surface area contributed by atoms with E-state index in [1.807, 2.05) is 0 Å². The molecule has 1 aromatic rings. The van der Waals surface area contributed by atoms with Gasteiger partial charge in [-0.3, -0.25) is 10.1 Å². The Hall–Kier alpha value is -1.17. The molecule has 1 aromatic carbocycles. The van der Waals surface area contributed by atoms with Gasteiger partial charge in [-0.25, -0.2) is 4.39 Å². The minimum absolute atomic E-state index is 0.144. The Morgan fingerprint density at radius 1 is 1.64 bits per heavy atom. The number of nitrogens with zero attached hydrogens (tertiary/aromatic N) is 1. The molecule has 0 aliphatic rings. The fraction of sp³-hybridized carbons (Fsp3) is 0.250. The van der Waals surface area contributed by atoms with Gasteiger partial charge in [-0.15, -0.1) is 0 Å². The van der Waals surface area contributed by atoms with Crippen LogP contribution in [-0.4, -0.2) is 10.0 Å². The zero-order valence-electron chi connectivity index (χ0n) is 7.20. The summed E-state index contributed by atoms with van der Waals surface area (Å²) in [5, 5.41) is 19.6. The number of phenols is 1. The Kier molecular flexibility index (Phi) is 3.05. The quantitative estimate of drug-likeness (QED) is 0.507. The average molecular weight is 264 g/mol. The van der Waals surface area contributed by atoms with Crippen LogP contribution in [0.15, 0.2) is 12.1 Å². The van der Waals surface area contributed by atoms with Crippen molar-refractivity contribution in [3.05, 3.63) is 33.6 Å². The van der Waals surface area contributed by atoms with Gasteiger partial charge in [0.25, 0.3) is 5.69 Å². The SMILES string of the molecule is CC(Br)c1c([N+](=O)[O-])ccc(O)c1F. The predicted octanol–water partition coefficient (Wildman–Crippen LogP) is 2.90. The number of rotatable bonds is 2. The lowest BCUT2D eigenvalue weighted by Crippen LogP contribution is -1.99. The van der Waals surface area contributed by atoms with Crippen molar-refractivity contribution in [1.82, 2.24) is 0 Å². The van der Waals surface area contributed by atoms with E-state index >= 15 is 0 Å². The van der Waals surface area contributed by atoms with Crippen molar-refractivity contribution >= 4 is 21.6 Å². The molecule has 0 spiro atoms. The number of hydrogen-bond donors (Lipinski definition) is 1. The molecule has 0 saturated carbocycles. The largest absolute Gasteiger partial charge is 0.505 e. The van der Waals surface area contributed by atoms with Gasteiger partial charge in [-0.1, -0.05) is 15.9 Å². The molecule has 76 valence electrons. The molecular formula is C8H7BrFNO3. The number of benzene rings is 1. The second-order valence-corrected chi connectivity index (χ2v) is 4.08. The monoisotopic (exact) mass is 263 g/mol. The fourth-order valence-corrected chi connectivity index (χ4v) is 1.54. The molecule has 0 radical (unpaired) electrons. The number of phenolic OH excluding ortho intramolecular Hbond substituents is 1. The fourth-order valence-electron chi connectivity index (χ4n) is 1.11. The van der Waals surface area contributed by atoms with Crippen LogP contribution >= 0.6 is 15.9 Å². The van der Waals surface area contributed by atoms with Crippen molar-refractivity contribution in [3.63, 3.8) is 0 Å². The maximum Gasteiger partial charge on any atom is 0.276 e. The first kappa shape index (κ1) is 10.9. The van der Waals surface area contributed by atoms with E-state index in [4.69, 9.17) is 5.11 Å². The molecule has 1 rings (SSSR count). The van der Waals surface area contributed by atoms with Crippen LogP contribution in [0, 0.1) is 15.9 Å². The Balaban J connectivity index is 3.45. The highest BCUT2D eigenvalue weighted by atomic mass is 79.9. The predicted molar refractivity (Wildman–Crippen MR) is 52.1 cm³/mol. The molecule has 4 nitrogen and oxygen atoms in total. The molecule has 0 aliphatic heterocycles. The minimum Gasteiger partial charge on any atom is -0.505 e. The average Bonchev–Trinajstić information content (AvgIpc) is 2.08. The lowest BCUT2D eigenvalue weighted by Gasteiger charge is -2.07. The summed E-state index contributed by atoms with van der Waals surface area (Å²) >= 11 is 3.03. The molecule has 0 bridgehead atoms. The van der Waals surface area contributed by atoms with E-state index in [0.29, 0.717) is 0 Å². The standard InChI is InChI=1S/C8H7BrFNO3/c1-4(9)7-5(11(13)14)2-3-6(12)8(7)10/h2-4,12H,1H3. The Labute approximate surface area is 87.6 Å². The number of alkyl halides is 1. The van der Waals surface area contributed by atoms with Gasteiger partial charge in [0.05, 0.1) is 10.5 Å². The van der Waals surface area contributed by atoms with Crippen molar-refractivity contribution < 1.29 is 14.4 Å². The smallest absolute Gasteiger partial charge is 0.276 e. The topological polar surface area (TPSA) is 63.4 Å². The number of hydrogen-bond acceptors (Lipinski definition) is 3. The van der Waals surface area contributed by atoms with Crippen molar-refractivity contribution in [2.75, 3.05) is 0 Å². The molecule has 1 N–H and O–H groups in total. The summed E-state index contributed by atoms with van der Waals surface area (Å²) in [5.74, 6) is -1.54. The van der Waals surface area contributed by atoms with E-state index < -0.39 is 21.3 Å². The van der Waals surface area contributed by atoms with E-state index in [2.05, 4.69) is 15.9 Å². The van der Waals surface area contributed by atoms with Crippen molar-refractivity contribution in [2.24, 2.45) is 0 Å². The normalized spacial score (nSPS) is 12.5. The molecule has 0 amide bonds. The van der Waals surface area contributed by atoms with Crippen molar-refractivity contribution in [3.8, 4) is 5.75 Å². The van der Waals surface area contributed by atoms with E-state index in [9.17, 15) is 14.5 Å². The van der Waals surface area contributed by atoms with Gasteiger partial charge < -0.3 is 5.11 Å². The zero-order chi connectivity index (χ0) is 10.9. The van der Waals surface area contributed by atoms with Gasteiger partial charge >= 0.3 is 0 Å². The first-order valence-electron chi connectivity index (χ1n) is 3.75. The van der Waals surface area contributed by atoms with Gasteiger partial charge in [0.1, 0.15) is 0 Å². The Morgan fingerprint density at radius 3 is 2.64 bits per heavy atom. The van der Waals surface area contributed by atoms with Crippen LogP contribution in [0.1, 0.15) is 17.3 Å². The van der Waals surface area contributed by atoms with Gasteiger partial charge in [-0.05, 0) is 13.0 Å². The number of nitro benzene ring substituents is 1. The highest BCUT2D eigenvalue weighted by molar-refractivity contribution is 9.09. The van der Waals surface area contributed by atoms with Crippen LogP contribution in [0.4, 0.5) is 10.1 Å². The summed E-state index contributed by atoms with van der Waals surface area (Å²) in [5.41, 5.74) is -0.486. The third kappa shape index (κ3) is 1.84. The number of halogens is 2. The van der Waals surface area contributed by atoms with E-state index in [-0.39, 0.29) is 11.3 Å². The maximum absolute atomic E-state index is 13.3. The molecule has 14 heavy (non-hydrogen) atoms. The molecule has 1 atom stereocenters. The van der Waals surface area contributed by atoms with Crippen LogP contribution < -0.4 is 0 Å². The Bertz CT molecular complexity index is 381. The second-order valence-electron chi connectivity index (χ2n) is 2.70. The third-order valence-corrected chi connectivity index (χ3v) is 2.19. The third-order valence-electron chi connectivity index (χ3n) is 1.73. The molecule has 0 saturated heterocycles. The second kappa shape index (κ2) is 3.91. The van der Waals surface area contributed by atoms with Gasteiger partial charge in [0.15, 0.2) is 11.6 Å². The van der Waals surface area contributed by atoms with Crippen LogP contribution in [0.2, 0.25) is 0 Å². The van der Waals surface area contributed by atoms with E-state index in [1.165, 1.54) is 0 Å². The summed E-state index contributed by atoms with van der Waals surface area (Å²) in [6.45, 7) is 1.55. The number of aromatic hydroxyl groups is 1. The summed E-state index contributed by atoms with van der Waals surface area (Å²) in [7, 11) is 0. The van der Waals surface area contributed by atoms with Crippen LogP contribution in [0.25, 0.3) is 0 Å². The highest BCUT2D eigenvalue weighted by Gasteiger charge is 2.24. The molecule has 0 fully saturated rings. The molecule has 6 heteroatoms. The summed E-state index contributed by atoms with van der Waals surface area (Å²) < 4.78 is 13.3. The lowest BCUT2D eigenvalue weighted by molar-refractivity contribution is -0.385. The van der Waals surface area contributed by atoms with Gasteiger partial charge in [0.2, 0.25) is 0 Å². The number of nitro groups is 1. The molecular weight excluding hydrogens is 257 g/mol. The Morgan fingerprint density at radius 2 is 2.21 bits per heavy atom. The lowest BCUT2D eigenvalue weighted by atomic mass is 10.1. The van der Waals surface area contributed by atoms with Gasteiger partial charge in [0, 0.05) is 10.9 Å². The molecule has 1 unspecified atom stereocenters. The zero-order valence-corrected chi connectivity index (χ0v) is 8.78. The first-order chi connectivity index (χ1) is 6.45. The summed E-state index contributed by atoms with van der Waals surface area (Å²) in [6, 6.07) is 2.04.